The van der Waals surface area contributed by atoms with Crippen LogP contribution in [0.4, 0.5) is 10.5 Å². The summed E-state index contributed by atoms with van der Waals surface area (Å²) >= 11 is 6.31. The number of aryl methyl sites for hydroxylation is 2. The topological polar surface area (TPSA) is 172 Å². The highest BCUT2D eigenvalue weighted by Gasteiger charge is 2.29. The monoisotopic (exact) mass is 588 g/mol. The molecule has 6 rings (SSSR count). The zero-order valence-corrected chi connectivity index (χ0v) is 23.2. The number of amides is 1. The van der Waals surface area contributed by atoms with E-state index in [1.54, 1.807) is 39.6 Å². The number of aromatic amines is 1. The van der Waals surface area contributed by atoms with Crippen molar-refractivity contribution in [2.45, 2.75) is 25.8 Å². The number of fused-ring (bicyclic) bond motifs is 1. The van der Waals surface area contributed by atoms with Gasteiger partial charge in [0.25, 0.3) is 12.0 Å². The number of tetrazole rings is 1. The average Bonchev–Trinajstić information content (AvgIpc) is 3.73. The lowest BCUT2D eigenvalue weighted by molar-refractivity contribution is -0.122. The van der Waals surface area contributed by atoms with Gasteiger partial charge in [-0.2, -0.15) is 4.68 Å². The van der Waals surface area contributed by atoms with Crippen LogP contribution in [0.2, 0.25) is 5.02 Å². The fourth-order valence-electron chi connectivity index (χ4n) is 5.10. The number of nitrogens with zero attached hydrogens (tertiary/aromatic N) is 7. The number of carboxylic acid groups (broad SMARTS) is 2. The number of carbonyl (C=O) groups is 2. The molecular weight excluding hydrogens is 564 g/mol. The predicted molar refractivity (Wildman–Crippen MR) is 154 cm³/mol. The lowest BCUT2D eigenvalue weighted by Gasteiger charge is -2.15. The molecule has 13 nitrogen and oxygen atoms in total. The van der Waals surface area contributed by atoms with Gasteiger partial charge in [-0.3, -0.25) is 14.5 Å². The number of halogens is 1. The van der Waals surface area contributed by atoms with E-state index < -0.39 is 6.09 Å². The second kappa shape index (κ2) is 11.7. The molecule has 3 aromatic heterocycles. The van der Waals surface area contributed by atoms with E-state index in [1.165, 1.54) is 13.4 Å². The van der Waals surface area contributed by atoms with Crippen LogP contribution in [0.15, 0.2) is 65.7 Å². The van der Waals surface area contributed by atoms with Crippen molar-refractivity contribution in [3.8, 4) is 28.1 Å². The van der Waals surface area contributed by atoms with E-state index in [-0.39, 0.29) is 18.1 Å². The van der Waals surface area contributed by atoms with Crippen LogP contribution in [0, 0.1) is 6.92 Å². The van der Waals surface area contributed by atoms with Crippen LogP contribution in [-0.2, 0) is 11.2 Å². The quantitative estimate of drug-likeness (QED) is 0.254. The first-order valence-electron chi connectivity index (χ1n) is 12.7. The number of aromatic nitrogens is 7. The van der Waals surface area contributed by atoms with Crippen molar-refractivity contribution < 1.29 is 19.8 Å². The largest absolute Gasteiger partial charge is 0.483 e. The molecule has 14 heteroatoms. The molecule has 42 heavy (non-hydrogen) atoms. The van der Waals surface area contributed by atoms with Crippen LogP contribution in [0.1, 0.15) is 29.7 Å². The molecule has 3 N–H and O–H groups in total. The summed E-state index contributed by atoms with van der Waals surface area (Å²) in [7, 11) is 1.50. The van der Waals surface area contributed by atoms with Crippen molar-refractivity contribution in [2.75, 3.05) is 11.9 Å². The Bertz CT molecular complexity index is 1820. The van der Waals surface area contributed by atoms with Crippen molar-refractivity contribution in [2.24, 2.45) is 0 Å². The van der Waals surface area contributed by atoms with E-state index >= 15 is 0 Å². The molecule has 0 saturated carbocycles. The van der Waals surface area contributed by atoms with E-state index in [2.05, 4.69) is 20.5 Å². The van der Waals surface area contributed by atoms with Crippen LogP contribution in [0.25, 0.3) is 28.1 Å². The molecule has 1 aliphatic rings. The third kappa shape index (κ3) is 5.37. The zero-order valence-electron chi connectivity index (χ0n) is 22.5. The molecule has 1 amide bonds. The van der Waals surface area contributed by atoms with E-state index in [4.69, 9.17) is 26.5 Å². The molecule has 1 unspecified atom stereocenters. The van der Waals surface area contributed by atoms with Gasteiger partial charge in [0.2, 0.25) is 0 Å². The van der Waals surface area contributed by atoms with E-state index in [9.17, 15) is 14.7 Å². The number of benzene rings is 2. The van der Waals surface area contributed by atoms with Crippen LogP contribution >= 0.6 is 11.6 Å². The molecule has 214 valence electrons. The minimum absolute atomic E-state index is 0.135. The van der Waals surface area contributed by atoms with Crippen LogP contribution in [0.3, 0.4) is 0 Å². The van der Waals surface area contributed by atoms with Crippen molar-refractivity contribution in [1.29, 1.82) is 0 Å². The highest BCUT2D eigenvalue weighted by molar-refractivity contribution is 6.31. The number of anilines is 1. The number of hydrogen-bond donors (Lipinski definition) is 3. The molecular formula is C28H25ClN8O5. The Morgan fingerprint density at radius 1 is 1.14 bits per heavy atom. The highest BCUT2D eigenvalue weighted by atomic mass is 35.5. The van der Waals surface area contributed by atoms with E-state index in [0.29, 0.717) is 23.0 Å². The number of hydrogen-bond acceptors (Lipinski definition) is 7. The van der Waals surface area contributed by atoms with Crippen LogP contribution in [0.5, 0.6) is 0 Å². The summed E-state index contributed by atoms with van der Waals surface area (Å²) in [6.45, 7) is 1.66. The fraction of sp³-hybridized carbons (Fsp3) is 0.179. The Kier molecular flexibility index (Phi) is 7.84. The first-order valence-corrected chi connectivity index (χ1v) is 13.1. The van der Waals surface area contributed by atoms with Gasteiger partial charge in [-0.1, -0.05) is 23.7 Å². The van der Waals surface area contributed by atoms with Gasteiger partial charge < -0.3 is 19.8 Å². The summed E-state index contributed by atoms with van der Waals surface area (Å²) in [5, 5.41) is 28.1. The number of H-pyrrole nitrogens is 1. The molecule has 0 radical (unpaired) electrons. The molecule has 2 aromatic carbocycles. The minimum Gasteiger partial charge on any atom is -0.483 e. The Labute approximate surface area is 243 Å². The summed E-state index contributed by atoms with van der Waals surface area (Å²) in [6.07, 6.45) is 1.90. The van der Waals surface area contributed by atoms with Crippen molar-refractivity contribution in [3.05, 3.63) is 93.5 Å². The maximum atomic E-state index is 13.5. The zero-order chi connectivity index (χ0) is 30.0. The second-order valence-corrected chi connectivity index (χ2v) is 9.93. The van der Waals surface area contributed by atoms with Gasteiger partial charge in [0.15, 0.2) is 0 Å². The molecule has 0 saturated heterocycles. The number of imidazole rings is 1. The Balaban J connectivity index is 0.00000113. The summed E-state index contributed by atoms with van der Waals surface area (Å²) in [5.41, 5.74) is 6.06. The minimum atomic E-state index is -1.03. The van der Waals surface area contributed by atoms with E-state index in [1.807, 2.05) is 31.2 Å². The van der Waals surface area contributed by atoms with Gasteiger partial charge in [-0.15, -0.1) is 5.10 Å². The summed E-state index contributed by atoms with van der Waals surface area (Å²) < 4.78 is 3.33. The maximum Gasteiger partial charge on any atom is 0.411 e. The van der Waals surface area contributed by atoms with Crippen LogP contribution in [-0.4, -0.2) is 64.6 Å². The third-order valence-electron chi connectivity index (χ3n) is 7.05. The lowest BCUT2D eigenvalue weighted by atomic mass is 10.0. The number of nitrogens with one attached hydrogen (secondary N) is 1. The predicted octanol–water partition coefficient (Wildman–Crippen LogP) is 4.19. The normalized spacial score (nSPS) is 13.6. The summed E-state index contributed by atoms with van der Waals surface area (Å²) in [4.78, 5) is 42.4. The van der Waals surface area contributed by atoms with Crippen LogP contribution < -0.4 is 10.5 Å². The van der Waals surface area contributed by atoms with Gasteiger partial charge in [0.1, 0.15) is 12.2 Å². The van der Waals surface area contributed by atoms with Crippen molar-refractivity contribution >= 4 is 29.9 Å². The standard InChI is InChI=1S/C27H23ClN8O3.CH2O2/c1-15-25(16-3-6-19(7-4-16)34(2)27(38)39)31-26(30-15)23-10-8-20-11-17(12-24(37)36(20)23)21-13-18(28)5-9-22(21)35-14-29-32-33-35;2-1-3/h3-7,9,11-14,23H,8,10H2,1-2H3,(H,30,31)(H,38,39);1H,(H,2,3). The SMILES string of the molecule is Cc1nc(C2CCc3cc(-c4cc(Cl)ccc4-n4cnnn4)cc(=O)n32)[nH]c1-c1ccc(N(C)C(=O)O)cc1.O=CO. The molecule has 0 bridgehead atoms. The second-order valence-electron chi connectivity index (χ2n) is 9.49. The van der Waals surface area contributed by atoms with Crippen molar-refractivity contribution in [1.82, 2.24) is 34.7 Å². The summed E-state index contributed by atoms with van der Waals surface area (Å²) in [6, 6.07) is 16.0. The molecule has 1 atom stereocenters. The first kappa shape index (κ1) is 28.2. The fourth-order valence-corrected chi connectivity index (χ4v) is 5.28. The molecule has 4 heterocycles. The Hall–Kier alpha value is -5.30. The van der Waals surface area contributed by atoms with Gasteiger partial charge in [0, 0.05) is 35.1 Å². The molecule has 0 fully saturated rings. The summed E-state index contributed by atoms with van der Waals surface area (Å²) in [5.74, 6) is 0.708. The molecule has 0 aliphatic carbocycles. The average molecular weight is 589 g/mol. The lowest BCUT2D eigenvalue weighted by Crippen LogP contribution is -2.24. The molecule has 1 aliphatic heterocycles. The number of rotatable bonds is 5. The number of pyridine rings is 1. The first-order chi connectivity index (χ1) is 20.2. The van der Waals surface area contributed by atoms with Gasteiger partial charge in [-0.25, -0.2) is 9.78 Å². The van der Waals surface area contributed by atoms with Gasteiger partial charge >= 0.3 is 6.09 Å². The maximum absolute atomic E-state index is 13.5. The highest BCUT2D eigenvalue weighted by Crippen LogP contribution is 2.35. The Morgan fingerprint density at radius 2 is 1.88 bits per heavy atom. The van der Waals surface area contributed by atoms with Gasteiger partial charge in [-0.05, 0) is 77.7 Å². The van der Waals surface area contributed by atoms with Gasteiger partial charge in [0.05, 0.1) is 23.1 Å². The third-order valence-corrected chi connectivity index (χ3v) is 7.28. The van der Waals surface area contributed by atoms with E-state index in [0.717, 1.165) is 50.8 Å². The Morgan fingerprint density at radius 3 is 2.55 bits per heavy atom. The smallest absolute Gasteiger partial charge is 0.411 e. The molecule has 0 spiro atoms. The van der Waals surface area contributed by atoms with Crippen molar-refractivity contribution in [3.63, 3.8) is 0 Å². The molecule has 5 aromatic rings.